The van der Waals surface area contributed by atoms with Gasteiger partial charge in [-0.2, -0.15) is 0 Å². The molecule has 0 radical (unpaired) electrons. The second kappa shape index (κ2) is 6.99. The highest BCUT2D eigenvalue weighted by molar-refractivity contribution is 6.62. The molecule has 1 amide bonds. The molecule has 0 aromatic heterocycles. The van der Waals surface area contributed by atoms with Gasteiger partial charge < -0.3 is 18.9 Å². The standard InChI is InChI=1S/C20H30BNO4/c1-14-11-16(21-25-19(2,3)20(4,5)26-21)7-8-17(14)18(23)22(6)12-15-9-10-24-13-15/h7-8,11,15H,9-10,12-13H2,1-6H3. The van der Waals surface area contributed by atoms with Crippen LogP contribution in [0.5, 0.6) is 0 Å². The molecule has 0 saturated carbocycles. The predicted molar refractivity (Wildman–Crippen MR) is 103 cm³/mol. The van der Waals surface area contributed by atoms with Gasteiger partial charge in [0.1, 0.15) is 0 Å². The van der Waals surface area contributed by atoms with E-state index in [1.807, 2.05) is 59.9 Å². The van der Waals surface area contributed by atoms with Gasteiger partial charge in [-0.15, -0.1) is 0 Å². The Hall–Kier alpha value is -1.37. The third-order valence-electron chi connectivity index (χ3n) is 5.91. The maximum Gasteiger partial charge on any atom is 0.494 e. The molecule has 6 heteroatoms. The minimum absolute atomic E-state index is 0.0508. The van der Waals surface area contributed by atoms with Gasteiger partial charge in [-0.25, -0.2) is 0 Å². The number of ether oxygens (including phenoxy) is 1. The molecule has 0 spiro atoms. The monoisotopic (exact) mass is 359 g/mol. The maximum atomic E-state index is 12.8. The molecule has 2 heterocycles. The SMILES string of the molecule is Cc1cc(B2OC(C)(C)C(C)(C)O2)ccc1C(=O)N(C)CC1CCOC1. The molecular formula is C20H30BNO4. The first-order valence-electron chi connectivity index (χ1n) is 9.40. The van der Waals surface area contributed by atoms with Gasteiger partial charge in [-0.1, -0.05) is 12.1 Å². The molecule has 0 aliphatic carbocycles. The van der Waals surface area contributed by atoms with Gasteiger partial charge in [0, 0.05) is 31.7 Å². The molecule has 26 heavy (non-hydrogen) atoms. The zero-order valence-electron chi connectivity index (χ0n) is 16.8. The predicted octanol–water partition coefficient (Wildman–Crippen LogP) is 2.40. The second-order valence-corrected chi connectivity index (χ2v) is 8.58. The Morgan fingerprint density at radius 2 is 1.88 bits per heavy atom. The van der Waals surface area contributed by atoms with Crippen molar-refractivity contribution < 1.29 is 18.8 Å². The highest BCUT2D eigenvalue weighted by Crippen LogP contribution is 2.36. The number of hydrogen-bond donors (Lipinski definition) is 0. The van der Waals surface area contributed by atoms with Crippen molar-refractivity contribution in [3.8, 4) is 0 Å². The number of aryl methyl sites for hydroxylation is 1. The lowest BCUT2D eigenvalue weighted by Crippen LogP contribution is -2.41. The number of nitrogens with zero attached hydrogens (tertiary/aromatic N) is 1. The van der Waals surface area contributed by atoms with E-state index in [0.717, 1.165) is 42.8 Å². The first kappa shape index (κ1) is 19.4. The van der Waals surface area contributed by atoms with Crippen molar-refractivity contribution in [1.29, 1.82) is 0 Å². The fourth-order valence-corrected chi connectivity index (χ4v) is 3.46. The van der Waals surface area contributed by atoms with Gasteiger partial charge in [0.2, 0.25) is 0 Å². The summed E-state index contributed by atoms with van der Waals surface area (Å²) in [6, 6.07) is 5.83. The molecule has 3 rings (SSSR count). The van der Waals surface area contributed by atoms with Crippen LogP contribution in [0.25, 0.3) is 0 Å². The van der Waals surface area contributed by atoms with Crippen LogP contribution in [0.1, 0.15) is 50.0 Å². The molecule has 2 aliphatic heterocycles. The zero-order valence-corrected chi connectivity index (χ0v) is 16.8. The summed E-state index contributed by atoms with van der Waals surface area (Å²) in [5.41, 5.74) is 1.88. The lowest BCUT2D eigenvalue weighted by Gasteiger charge is -2.32. The summed E-state index contributed by atoms with van der Waals surface area (Å²) in [4.78, 5) is 14.6. The minimum Gasteiger partial charge on any atom is -0.399 e. The van der Waals surface area contributed by atoms with Gasteiger partial charge in [-0.3, -0.25) is 4.79 Å². The molecule has 1 atom stereocenters. The molecule has 1 unspecified atom stereocenters. The van der Waals surface area contributed by atoms with E-state index in [-0.39, 0.29) is 17.1 Å². The molecule has 142 valence electrons. The van der Waals surface area contributed by atoms with Crippen molar-refractivity contribution in [1.82, 2.24) is 4.90 Å². The number of hydrogen-bond acceptors (Lipinski definition) is 4. The number of rotatable bonds is 4. The summed E-state index contributed by atoms with van der Waals surface area (Å²) in [7, 11) is 1.46. The quantitative estimate of drug-likeness (QED) is 0.775. The summed E-state index contributed by atoms with van der Waals surface area (Å²) in [5.74, 6) is 0.489. The third kappa shape index (κ3) is 3.68. The van der Waals surface area contributed by atoms with Crippen LogP contribution in [0.15, 0.2) is 18.2 Å². The van der Waals surface area contributed by atoms with Gasteiger partial charge >= 0.3 is 7.12 Å². The van der Waals surface area contributed by atoms with E-state index in [9.17, 15) is 4.79 Å². The summed E-state index contributed by atoms with van der Waals surface area (Å²) < 4.78 is 17.6. The summed E-state index contributed by atoms with van der Waals surface area (Å²) >= 11 is 0. The molecule has 2 aliphatic rings. The maximum absolute atomic E-state index is 12.8. The Bertz CT molecular complexity index is 666. The molecule has 0 N–H and O–H groups in total. The highest BCUT2D eigenvalue weighted by Gasteiger charge is 2.51. The van der Waals surface area contributed by atoms with E-state index in [1.54, 1.807) is 4.90 Å². The van der Waals surface area contributed by atoms with Crippen LogP contribution in [0.2, 0.25) is 0 Å². The van der Waals surface area contributed by atoms with E-state index in [1.165, 1.54) is 0 Å². The van der Waals surface area contributed by atoms with E-state index < -0.39 is 7.12 Å². The zero-order chi connectivity index (χ0) is 19.1. The van der Waals surface area contributed by atoms with Gasteiger partial charge in [-0.05, 0) is 58.1 Å². The van der Waals surface area contributed by atoms with Crippen LogP contribution in [-0.2, 0) is 14.0 Å². The number of benzene rings is 1. The largest absolute Gasteiger partial charge is 0.494 e. The average Bonchev–Trinajstić information content (AvgIpc) is 3.12. The molecule has 0 bridgehead atoms. The van der Waals surface area contributed by atoms with Crippen molar-refractivity contribution in [3.63, 3.8) is 0 Å². The van der Waals surface area contributed by atoms with Crippen LogP contribution in [0.3, 0.4) is 0 Å². The third-order valence-corrected chi connectivity index (χ3v) is 5.91. The Kier molecular flexibility index (Phi) is 5.21. The van der Waals surface area contributed by atoms with Gasteiger partial charge in [0.05, 0.1) is 17.8 Å². The minimum atomic E-state index is -0.406. The topological polar surface area (TPSA) is 48.0 Å². The van der Waals surface area contributed by atoms with Crippen molar-refractivity contribution >= 4 is 18.5 Å². The van der Waals surface area contributed by atoms with Gasteiger partial charge in [0.15, 0.2) is 0 Å². The number of carbonyl (C=O) groups excluding carboxylic acids is 1. The van der Waals surface area contributed by atoms with Gasteiger partial charge in [0.25, 0.3) is 5.91 Å². The first-order valence-corrected chi connectivity index (χ1v) is 9.40. The van der Waals surface area contributed by atoms with Crippen LogP contribution >= 0.6 is 0 Å². The first-order chi connectivity index (χ1) is 12.1. The fourth-order valence-electron chi connectivity index (χ4n) is 3.46. The van der Waals surface area contributed by atoms with Crippen LogP contribution in [0, 0.1) is 12.8 Å². The molecule has 1 aromatic carbocycles. The van der Waals surface area contributed by atoms with Crippen LogP contribution in [0.4, 0.5) is 0 Å². The summed E-state index contributed by atoms with van der Waals surface area (Å²) in [6.07, 6.45) is 1.03. The van der Waals surface area contributed by atoms with E-state index >= 15 is 0 Å². The number of amides is 1. The smallest absolute Gasteiger partial charge is 0.399 e. The molecule has 1 aromatic rings. The van der Waals surface area contributed by atoms with Crippen molar-refractivity contribution in [3.05, 3.63) is 29.3 Å². The second-order valence-electron chi connectivity index (χ2n) is 8.58. The highest BCUT2D eigenvalue weighted by atomic mass is 16.7. The fraction of sp³-hybridized carbons (Fsp3) is 0.650. The van der Waals surface area contributed by atoms with Crippen molar-refractivity contribution in [2.45, 2.75) is 52.2 Å². The average molecular weight is 359 g/mol. The Balaban J connectivity index is 1.72. The summed E-state index contributed by atoms with van der Waals surface area (Å²) in [6.45, 7) is 12.4. The lowest BCUT2D eigenvalue weighted by molar-refractivity contribution is 0.00578. The Morgan fingerprint density at radius 3 is 2.42 bits per heavy atom. The van der Waals surface area contributed by atoms with Crippen molar-refractivity contribution in [2.24, 2.45) is 5.92 Å². The lowest BCUT2D eigenvalue weighted by atomic mass is 9.78. The van der Waals surface area contributed by atoms with Crippen LogP contribution < -0.4 is 5.46 Å². The molecular weight excluding hydrogens is 329 g/mol. The van der Waals surface area contributed by atoms with Crippen LogP contribution in [-0.4, -0.2) is 55.9 Å². The van der Waals surface area contributed by atoms with Crippen molar-refractivity contribution in [2.75, 3.05) is 26.8 Å². The van der Waals surface area contributed by atoms with E-state index in [4.69, 9.17) is 14.0 Å². The van der Waals surface area contributed by atoms with E-state index in [2.05, 4.69) is 0 Å². The number of carbonyl (C=O) groups is 1. The molecule has 2 fully saturated rings. The Labute approximate surface area is 157 Å². The summed E-state index contributed by atoms with van der Waals surface area (Å²) in [5, 5.41) is 0. The van der Waals surface area contributed by atoms with E-state index in [0.29, 0.717) is 5.92 Å². The molecule has 2 saturated heterocycles. The normalized spacial score (nSPS) is 24.1. The Morgan fingerprint density at radius 1 is 1.23 bits per heavy atom. The molecule has 5 nitrogen and oxygen atoms in total.